The van der Waals surface area contributed by atoms with Gasteiger partial charge in [0.1, 0.15) is 0 Å². The van der Waals surface area contributed by atoms with Gasteiger partial charge >= 0.3 is 6.18 Å². The summed E-state index contributed by atoms with van der Waals surface area (Å²) < 4.78 is 39.6. The van der Waals surface area contributed by atoms with Gasteiger partial charge in [-0.3, -0.25) is 9.36 Å². The Kier molecular flexibility index (Phi) is 3.08. The highest BCUT2D eigenvalue weighted by molar-refractivity contribution is 5.81. The first-order valence-corrected chi connectivity index (χ1v) is 5.15. The topological polar surface area (TPSA) is 46.9 Å². The van der Waals surface area contributed by atoms with Gasteiger partial charge in [0.15, 0.2) is 0 Å². The Bertz CT molecular complexity index is 633. The Hall–Kier alpha value is -1.89. The van der Waals surface area contributed by atoms with Crippen molar-refractivity contribution in [3.63, 3.8) is 0 Å². The first kappa shape index (κ1) is 12.6. The first-order valence-electron chi connectivity index (χ1n) is 5.15. The van der Waals surface area contributed by atoms with E-state index in [1.165, 1.54) is 18.5 Å². The fourth-order valence-corrected chi connectivity index (χ4v) is 1.72. The average molecular weight is 257 g/mol. The minimum atomic E-state index is -4.57. The zero-order chi connectivity index (χ0) is 13.3. The lowest BCUT2D eigenvalue weighted by Crippen LogP contribution is -2.27. The summed E-state index contributed by atoms with van der Waals surface area (Å²) in [5, 5.41) is 2.29. The van der Waals surface area contributed by atoms with Crippen LogP contribution in [0.4, 0.5) is 13.2 Å². The number of halogens is 3. The van der Waals surface area contributed by atoms with Gasteiger partial charge in [-0.25, -0.2) is 4.98 Å². The number of nitrogens with one attached hydrogen (secondary N) is 1. The number of aromatic nitrogens is 2. The van der Waals surface area contributed by atoms with E-state index < -0.39 is 22.7 Å². The molecule has 96 valence electrons. The molecule has 4 nitrogen and oxygen atoms in total. The summed E-state index contributed by atoms with van der Waals surface area (Å²) in [6.07, 6.45) is -3.35. The minimum Gasteiger partial charge on any atom is -0.303 e. The van der Waals surface area contributed by atoms with Crippen molar-refractivity contribution in [3.8, 4) is 0 Å². The summed E-state index contributed by atoms with van der Waals surface area (Å²) in [4.78, 5) is 15.8. The maximum absolute atomic E-state index is 12.8. The molecule has 2 rings (SSSR count). The smallest absolute Gasteiger partial charge is 0.303 e. The van der Waals surface area contributed by atoms with Crippen LogP contribution in [0.25, 0.3) is 10.9 Å². The quantitative estimate of drug-likeness (QED) is 0.888. The van der Waals surface area contributed by atoms with Gasteiger partial charge in [0.2, 0.25) is 0 Å². The van der Waals surface area contributed by atoms with Gasteiger partial charge in [-0.05, 0) is 19.2 Å². The van der Waals surface area contributed by atoms with E-state index >= 15 is 0 Å². The number of benzene rings is 1. The average Bonchev–Trinajstić information content (AvgIpc) is 2.31. The standard InChI is InChI=1S/C11H10F3N3O/c1-15-5-17-6-16-8-4-2-3-7(11(12,13)14)9(8)10(17)18/h2-4,6,15H,5H2,1H3. The van der Waals surface area contributed by atoms with Gasteiger partial charge in [-0.15, -0.1) is 0 Å². The highest BCUT2D eigenvalue weighted by Gasteiger charge is 2.33. The summed E-state index contributed by atoms with van der Waals surface area (Å²) in [5.74, 6) is 0. The van der Waals surface area contributed by atoms with E-state index in [0.717, 1.165) is 10.6 Å². The van der Waals surface area contributed by atoms with Gasteiger partial charge in [0, 0.05) is 0 Å². The van der Waals surface area contributed by atoms with Crippen molar-refractivity contribution in [3.05, 3.63) is 40.4 Å². The van der Waals surface area contributed by atoms with Crippen molar-refractivity contribution in [2.75, 3.05) is 7.05 Å². The Balaban J connectivity index is 2.81. The lowest BCUT2D eigenvalue weighted by Gasteiger charge is -2.11. The van der Waals surface area contributed by atoms with Crippen molar-refractivity contribution in [1.82, 2.24) is 14.9 Å². The van der Waals surface area contributed by atoms with Crippen LogP contribution in [0.5, 0.6) is 0 Å². The number of fused-ring (bicyclic) bond motifs is 1. The molecule has 7 heteroatoms. The van der Waals surface area contributed by atoms with Crippen LogP contribution < -0.4 is 10.9 Å². The number of hydrogen-bond donors (Lipinski definition) is 1. The third-order valence-corrected chi connectivity index (χ3v) is 2.49. The molecule has 0 unspecified atom stereocenters. The molecule has 18 heavy (non-hydrogen) atoms. The SMILES string of the molecule is CNCn1cnc2cccc(C(F)(F)F)c2c1=O. The molecule has 0 radical (unpaired) electrons. The second-order valence-electron chi connectivity index (χ2n) is 3.73. The zero-order valence-corrected chi connectivity index (χ0v) is 9.45. The Morgan fingerprint density at radius 3 is 2.72 bits per heavy atom. The molecule has 2 aromatic rings. The highest BCUT2D eigenvalue weighted by atomic mass is 19.4. The Morgan fingerprint density at radius 2 is 2.11 bits per heavy atom. The van der Waals surface area contributed by atoms with Crippen molar-refractivity contribution >= 4 is 10.9 Å². The summed E-state index contributed by atoms with van der Waals surface area (Å²) in [7, 11) is 1.59. The van der Waals surface area contributed by atoms with Crippen LogP contribution in [-0.2, 0) is 12.8 Å². The molecule has 0 saturated carbocycles. The molecule has 0 amide bonds. The van der Waals surface area contributed by atoms with E-state index in [-0.39, 0.29) is 12.2 Å². The number of alkyl halides is 3. The summed E-state index contributed by atoms with van der Waals surface area (Å²) in [6, 6.07) is 3.50. The summed E-state index contributed by atoms with van der Waals surface area (Å²) >= 11 is 0. The van der Waals surface area contributed by atoms with Crippen LogP contribution in [0, 0.1) is 0 Å². The molecular formula is C11H10F3N3O. The molecule has 0 spiro atoms. The predicted molar refractivity (Wildman–Crippen MR) is 60.1 cm³/mol. The predicted octanol–water partition coefficient (Wildman–Crippen LogP) is 1.59. The third kappa shape index (κ3) is 2.08. The second kappa shape index (κ2) is 4.41. The van der Waals surface area contributed by atoms with Crippen LogP contribution in [0.1, 0.15) is 5.56 Å². The maximum atomic E-state index is 12.8. The van der Waals surface area contributed by atoms with Crippen LogP contribution in [0.3, 0.4) is 0 Å². The zero-order valence-electron chi connectivity index (χ0n) is 9.45. The van der Waals surface area contributed by atoms with Gasteiger partial charge in [-0.2, -0.15) is 13.2 Å². The fraction of sp³-hybridized carbons (Fsp3) is 0.273. The van der Waals surface area contributed by atoms with Crippen LogP contribution >= 0.6 is 0 Å². The molecular weight excluding hydrogens is 247 g/mol. The molecule has 0 aliphatic heterocycles. The van der Waals surface area contributed by atoms with Crippen LogP contribution in [-0.4, -0.2) is 16.6 Å². The maximum Gasteiger partial charge on any atom is 0.417 e. The van der Waals surface area contributed by atoms with Gasteiger partial charge in [0.05, 0.1) is 29.5 Å². The van der Waals surface area contributed by atoms with Crippen molar-refractivity contribution in [2.24, 2.45) is 0 Å². The minimum absolute atomic E-state index is 0.0437. The number of rotatable bonds is 2. The molecule has 0 aliphatic carbocycles. The molecule has 1 N–H and O–H groups in total. The highest BCUT2D eigenvalue weighted by Crippen LogP contribution is 2.32. The monoisotopic (exact) mass is 257 g/mol. The molecule has 0 bridgehead atoms. The third-order valence-electron chi connectivity index (χ3n) is 2.49. The Morgan fingerprint density at radius 1 is 1.39 bits per heavy atom. The second-order valence-corrected chi connectivity index (χ2v) is 3.73. The van der Waals surface area contributed by atoms with E-state index in [1.54, 1.807) is 7.05 Å². The van der Waals surface area contributed by atoms with Gasteiger partial charge in [-0.1, -0.05) is 6.07 Å². The molecule has 0 atom stereocenters. The molecule has 1 aromatic heterocycles. The van der Waals surface area contributed by atoms with E-state index in [2.05, 4.69) is 10.3 Å². The lowest BCUT2D eigenvalue weighted by molar-refractivity contribution is -0.136. The van der Waals surface area contributed by atoms with E-state index in [9.17, 15) is 18.0 Å². The molecule has 0 fully saturated rings. The molecule has 0 saturated heterocycles. The molecule has 1 aromatic carbocycles. The molecule has 1 heterocycles. The van der Waals surface area contributed by atoms with Crippen molar-refractivity contribution in [1.29, 1.82) is 0 Å². The van der Waals surface area contributed by atoms with Gasteiger partial charge < -0.3 is 5.32 Å². The van der Waals surface area contributed by atoms with Crippen molar-refractivity contribution < 1.29 is 13.2 Å². The van der Waals surface area contributed by atoms with Gasteiger partial charge in [0.25, 0.3) is 5.56 Å². The summed E-state index contributed by atoms with van der Waals surface area (Å²) in [6.45, 7) is 0.105. The lowest BCUT2D eigenvalue weighted by atomic mass is 10.1. The fourth-order valence-electron chi connectivity index (χ4n) is 1.72. The van der Waals surface area contributed by atoms with Crippen LogP contribution in [0.15, 0.2) is 29.3 Å². The number of nitrogens with zero attached hydrogens (tertiary/aromatic N) is 2. The first-order chi connectivity index (χ1) is 8.45. The van der Waals surface area contributed by atoms with Crippen LogP contribution in [0.2, 0.25) is 0 Å². The summed E-state index contributed by atoms with van der Waals surface area (Å²) in [5.41, 5.74) is -1.62. The largest absolute Gasteiger partial charge is 0.417 e. The normalized spacial score (nSPS) is 12.0. The van der Waals surface area contributed by atoms with E-state index in [1.807, 2.05) is 0 Å². The number of hydrogen-bond acceptors (Lipinski definition) is 3. The van der Waals surface area contributed by atoms with E-state index in [0.29, 0.717) is 0 Å². The van der Waals surface area contributed by atoms with E-state index in [4.69, 9.17) is 0 Å². The molecule has 0 aliphatic rings. The van der Waals surface area contributed by atoms with Crippen molar-refractivity contribution in [2.45, 2.75) is 12.8 Å². The Labute approximate surface area is 100 Å².